The molecule has 8 heteroatoms. The molecule has 2 aliphatic rings. The molecule has 0 spiro atoms. The smallest absolute Gasteiger partial charge is 0.0704 e. The number of hydrogen-bond donors (Lipinski definition) is 2. The fourth-order valence-electron chi connectivity index (χ4n) is 3.23. The van der Waals surface area contributed by atoms with Crippen molar-refractivity contribution in [1.82, 2.24) is 10.6 Å². The first-order valence-corrected chi connectivity index (χ1v) is 10.9. The van der Waals surface area contributed by atoms with E-state index >= 15 is 0 Å². The SMILES string of the molecule is C1CC(OCCOCCOCCOCCOCCOC2CCNCC2)CCN1. The summed E-state index contributed by atoms with van der Waals surface area (Å²) in [7, 11) is 0. The number of rotatable bonds is 17. The zero-order valence-corrected chi connectivity index (χ0v) is 17.3. The molecule has 166 valence electrons. The van der Waals surface area contributed by atoms with Crippen molar-refractivity contribution >= 4 is 0 Å². The monoisotopic (exact) mass is 404 g/mol. The molecule has 0 unspecified atom stereocenters. The summed E-state index contributed by atoms with van der Waals surface area (Å²) in [6, 6.07) is 0. The molecule has 2 heterocycles. The van der Waals surface area contributed by atoms with E-state index in [-0.39, 0.29) is 0 Å². The Morgan fingerprint density at radius 2 is 0.714 bits per heavy atom. The van der Waals surface area contributed by atoms with Gasteiger partial charge in [-0.2, -0.15) is 0 Å². The van der Waals surface area contributed by atoms with Crippen LogP contribution in [0.25, 0.3) is 0 Å². The molecule has 2 rings (SSSR count). The van der Waals surface area contributed by atoms with Crippen molar-refractivity contribution in [3.63, 3.8) is 0 Å². The molecule has 0 aromatic rings. The highest BCUT2D eigenvalue weighted by Crippen LogP contribution is 2.07. The van der Waals surface area contributed by atoms with Gasteiger partial charge in [0.1, 0.15) is 0 Å². The predicted molar refractivity (Wildman–Crippen MR) is 107 cm³/mol. The van der Waals surface area contributed by atoms with Gasteiger partial charge in [-0.05, 0) is 51.9 Å². The molecule has 2 aliphatic heterocycles. The summed E-state index contributed by atoms with van der Waals surface area (Å²) in [5.74, 6) is 0. The maximum atomic E-state index is 5.77. The molecular weight excluding hydrogens is 364 g/mol. The third-order valence-electron chi connectivity index (χ3n) is 4.85. The van der Waals surface area contributed by atoms with E-state index in [9.17, 15) is 0 Å². The second-order valence-corrected chi connectivity index (χ2v) is 7.09. The minimum absolute atomic E-state index is 0.393. The van der Waals surface area contributed by atoms with Gasteiger partial charge in [0, 0.05) is 0 Å². The van der Waals surface area contributed by atoms with Crippen LogP contribution in [0.3, 0.4) is 0 Å². The number of ether oxygens (including phenoxy) is 6. The normalized spacial score (nSPS) is 19.3. The van der Waals surface area contributed by atoms with E-state index in [1.165, 1.54) is 0 Å². The first-order chi connectivity index (χ1) is 13.9. The summed E-state index contributed by atoms with van der Waals surface area (Å²) in [6.45, 7) is 10.3. The molecule has 0 bridgehead atoms. The van der Waals surface area contributed by atoms with Crippen molar-refractivity contribution in [3.8, 4) is 0 Å². The van der Waals surface area contributed by atoms with Crippen LogP contribution in [0.2, 0.25) is 0 Å². The van der Waals surface area contributed by atoms with Crippen molar-refractivity contribution in [1.29, 1.82) is 0 Å². The summed E-state index contributed by atoms with van der Waals surface area (Å²) in [4.78, 5) is 0. The molecular formula is C20H40N2O6. The minimum atomic E-state index is 0.393. The highest BCUT2D eigenvalue weighted by molar-refractivity contribution is 4.68. The van der Waals surface area contributed by atoms with Gasteiger partial charge in [-0.3, -0.25) is 0 Å². The lowest BCUT2D eigenvalue weighted by Crippen LogP contribution is -2.33. The van der Waals surface area contributed by atoms with Crippen molar-refractivity contribution < 1.29 is 28.4 Å². The van der Waals surface area contributed by atoms with E-state index in [4.69, 9.17) is 28.4 Å². The topological polar surface area (TPSA) is 79.4 Å². The predicted octanol–water partition coefficient (Wildman–Crippen LogP) is 0.590. The van der Waals surface area contributed by atoms with Crippen LogP contribution in [0.15, 0.2) is 0 Å². The van der Waals surface area contributed by atoms with E-state index in [0.29, 0.717) is 78.3 Å². The van der Waals surface area contributed by atoms with E-state index < -0.39 is 0 Å². The third kappa shape index (κ3) is 13.0. The Hall–Kier alpha value is -0.320. The van der Waals surface area contributed by atoms with Crippen LogP contribution >= 0.6 is 0 Å². The minimum Gasteiger partial charge on any atom is -0.377 e. The van der Waals surface area contributed by atoms with Crippen LogP contribution in [0, 0.1) is 0 Å². The summed E-state index contributed by atoms with van der Waals surface area (Å²) >= 11 is 0. The average Bonchev–Trinajstić information content (AvgIpc) is 2.75. The molecule has 2 N–H and O–H groups in total. The van der Waals surface area contributed by atoms with Crippen molar-refractivity contribution in [2.45, 2.75) is 37.9 Å². The van der Waals surface area contributed by atoms with Gasteiger partial charge in [0.15, 0.2) is 0 Å². The van der Waals surface area contributed by atoms with Gasteiger partial charge in [-0.15, -0.1) is 0 Å². The molecule has 0 amide bonds. The van der Waals surface area contributed by atoms with Gasteiger partial charge in [-0.25, -0.2) is 0 Å². The van der Waals surface area contributed by atoms with Gasteiger partial charge in [-0.1, -0.05) is 0 Å². The van der Waals surface area contributed by atoms with Gasteiger partial charge >= 0.3 is 0 Å². The van der Waals surface area contributed by atoms with E-state index in [1.54, 1.807) is 0 Å². The van der Waals surface area contributed by atoms with Gasteiger partial charge in [0.05, 0.1) is 78.3 Å². The summed E-state index contributed by atoms with van der Waals surface area (Å²) in [6.07, 6.45) is 5.18. The van der Waals surface area contributed by atoms with Crippen LogP contribution in [-0.4, -0.2) is 104 Å². The third-order valence-corrected chi connectivity index (χ3v) is 4.85. The first kappa shape index (κ1) is 24.0. The molecule has 28 heavy (non-hydrogen) atoms. The number of nitrogens with one attached hydrogen (secondary N) is 2. The van der Waals surface area contributed by atoms with Gasteiger partial charge in [0.2, 0.25) is 0 Å². The lowest BCUT2D eigenvalue weighted by Gasteiger charge is -2.22. The van der Waals surface area contributed by atoms with E-state index in [1.807, 2.05) is 0 Å². The summed E-state index contributed by atoms with van der Waals surface area (Å²) in [5, 5.41) is 6.66. The molecule has 2 fully saturated rings. The zero-order valence-electron chi connectivity index (χ0n) is 17.3. The number of piperidine rings is 2. The van der Waals surface area contributed by atoms with E-state index in [0.717, 1.165) is 51.9 Å². The van der Waals surface area contributed by atoms with Crippen molar-refractivity contribution in [3.05, 3.63) is 0 Å². The molecule has 0 aromatic carbocycles. The fourth-order valence-corrected chi connectivity index (χ4v) is 3.23. The van der Waals surface area contributed by atoms with Crippen LogP contribution in [0.5, 0.6) is 0 Å². The quantitative estimate of drug-likeness (QED) is 0.341. The average molecular weight is 405 g/mol. The largest absolute Gasteiger partial charge is 0.377 e. The lowest BCUT2D eigenvalue weighted by atomic mass is 10.1. The Bertz CT molecular complexity index is 307. The highest BCUT2D eigenvalue weighted by Gasteiger charge is 2.13. The number of hydrogen-bond acceptors (Lipinski definition) is 8. The maximum absolute atomic E-state index is 5.77. The molecule has 0 aliphatic carbocycles. The van der Waals surface area contributed by atoms with Crippen LogP contribution < -0.4 is 10.6 Å². The first-order valence-electron chi connectivity index (χ1n) is 10.9. The molecule has 0 saturated carbocycles. The van der Waals surface area contributed by atoms with Crippen LogP contribution in [0.1, 0.15) is 25.7 Å². The Balaban J connectivity index is 1.20. The molecule has 8 nitrogen and oxygen atoms in total. The summed E-state index contributed by atoms with van der Waals surface area (Å²) < 4.78 is 33.5. The second kappa shape index (κ2) is 17.5. The highest BCUT2D eigenvalue weighted by atomic mass is 16.6. The van der Waals surface area contributed by atoms with Crippen molar-refractivity contribution in [2.24, 2.45) is 0 Å². The van der Waals surface area contributed by atoms with Crippen molar-refractivity contribution in [2.75, 3.05) is 92.2 Å². The molecule has 0 atom stereocenters. The standard InChI is InChI=1S/C20H40N2O6/c1-5-21-6-2-19(1)27-17-15-25-13-11-23-9-10-24-12-14-26-16-18-28-20-3-7-22-8-4-20/h19-22H,1-18H2. The molecule has 2 saturated heterocycles. The zero-order chi connectivity index (χ0) is 19.5. The Morgan fingerprint density at radius 3 is 1.04 bits per heavy atom. The van der Waals surface area contributed by atoms with Gasteiger partial charge in [0.25, 0.3) is 0 Å². The lowest BCUT2D eigenvalue weighted by molar-refractivity contribution is -0.0345. The molecule has 0 radical (unpaired) electrons. The van der Waals surface area contributed by atoms with E-state index in [2.05, 4.69) is 10.6 Å². The maximum Gasteiger partial charge on any atom is 0.0704 e. The van der Waals surface area contributed by atoms with Crippen LogP contribution in [0.4, 0.5) is 0 Å². The summed E-state index contributed by atoms with van der Waals surface area (Å²) in [5.41, 5.74) is 0. The van der Waals surface area contributed by atoms with Gasteiger partial charge < -0.3 is 39.1 Å². The fraction of sp³-hybridized carbons (Fsp3) is 1.00. The molecule has 0 aromatic heterocycles. The Morgan fingerprint density at radius 1 is 0.429 bits per heavy atom. The van der Waals surface area contributed by atoms with Crippen LogP contribution in [-0.2, 0) is 28.4 Å². The second-order valence-electron chi connectivity index (χ2n) is 7.09. The Kier molecular flexibility index (Phi) is 15.0. The Labute approximate surface area is 169 Å².